The van der Waals surface area contributed by atoms with Crippen LogP contribution >= 0.6 is 0 Å². The van der Waals surface area contributed by atoms with Gasteiger partial charge in [-0.25, -0.2) is 0 Å². The minimum absolute atomic E-state index is 0.871. The Balaban J connectivity index is 3.15. The molecule has 0 aromatic heterocycles. The number of nitrogens with one attached hydrogen (secondary N) is 1. The van der Waals surface area contributed by atoms with Crippen LogP contribution in [0.15, 0.2) is 0 Å². The maximum Gasteiger partial charge on any atom is -0.00464 e. The highest BCUT2D eigenvalue weighted by Gasteiger charge is 2.02. The molecule has 0 rings (SSSR count). The molecule has 0 heterocycles. The molecule has 0 aliphatic heterocycles. The van der Waals surface area contributed by atoms with Crippen LogP contribution in [0.1, 0.15) is 92.4 Å². The Morgan fingerprint density at radius 1 is 0.550 bits per heavy atom. The first-order valence-electron chi connectivity index (χ1n) is 9.23. The van der Waals surface area contributed by atoms with E-state index in [1.807, 2.05) is 0 Å². The van der Waals surface area contributed by atoms with E-state index in [1.54, 1.807) is 0 Å². The van der Waals surface area contributed by atoms with E-state index in [1.165, 1.54) is 70.9 Å². The highest BCUT2D eigenvalue weighted by atomic mass is 14.8. The fourth-order valence-corrected chi connectivity index (χ4v) is 2.65. The lowest BCUT2D eigenvalue weighted by Gasteiger charge is -2.12. The number of hydrogen-bond acceptors (Lipinski definition) is 1. The molecular formula is C19H41N. The molecule has 20 heavy (non-hydrogen) atoms. The molecule has 0 saturated heterocycles. The topological polar surface area (TPSA) is 12.0 Å². The molecule has 0 fully saturated rings. The fourth-order valence-electron chi connectivity index (χ4n) is 2.65. The van der Waals surface area contributed by atoms with Gasteiger partial charge in [0.05, 0.1) is 0 Å². The van der Waals surface area contributed by atoms with E-state index in [0.29, 0.717) is 0 Å². The monoisotopic (exact) mass is 283 g/mol. The SMILES string of the molecule is CC(C)CCCCCCNCCC(C)CCCC(C)C. The molecule has 1 unspecified atom stereocenters. The second-order valence-electron chi connectivity index (χ2n) is 7.57. The van der Waals surface area contributed by atoms with Crippen molar-refractivity contribution in [1.29, 1.82) is 0 Å². The van der Waals surface area contributed by atoms with Crippen LogP contribution in [0.25, 0.3) is 0 Å². The second-order valence-corrected chi connectivity index (χ2v) is 7.57. The maximum atomic E-state index is 3.62. The van der Waals surface area contributed by atoms with E-state index in [2.05, 4.69) is 39.9 Å². The average molecular weight is 284 g/mol. The van der Waals surface area contributed by atoms with Gasteiger partial charge in [-0.2, -0.15) is 0 Å². The number of hydrogen-bond donors (Lipinski definition) is 1. The summed E-state index contributed by atoms with van der Waals surface area (Å²) in [4.78, 5) is 0. The van der Waals surface area contributed by atoms with Gasteiger partial charge in [-0.05, 0) is 43.7 Å². The molecule has 0 spiro atoms. The van der Waals surface area contributed by atoms with Crippen LogP contribution in [-0.4, -0.2) is 13.1 Å². The minimum Gasteiger partial charge on any atom is -0.317 e. The third-order valence-corrected chi connectivity index (χ3v) is 4.18. The van der Waals surface area contributed by atoms with Gasteiger partial charge < -0.3 is 5.32 Å². The van der Waals surface area contributed by atoms with Gasteiger partial charge in [-0.3, -0.25) is 0 Å². The lowest BCUT2D eigenvalue weighted by Crippen LogP contribution is -2.18. The van der Waals surface area contributed by atoms with Gasteiger partial charge in [0.15, 0.2) is 0 Å². The predicted molar refractivity (Wildman–Crippen MR) is 93.3 cm³/mol. The summed E-state index contributed by atoms with van der Waals surface area (Å²) < 4.78 is 0. The summed E-state index contributed by atoms with van der Waals surface area (Å²) in [5.74, 6) is 2.65. The summed E-state index contributed by atoms with van der Waals surface area (Å²) in [7, 11) is 0. The molecule has 0 aliphatic carbocycles. The fraction of sp³-hybridized carbons (Fsp3) is 1.00. The van der Waals surface area contributed by atoms with Crippen LogP contribution < -0.4 is 5.32 Å². The lowest BCUT2D eigenvalue weighted by atomic mass is 9.97. The summed E-state index contributed by atoms with van der Waals surface area (Å²) in [6.07, 6.45) is 12.6. The van der Waals surface area contributed by atoms with Gasteiger partial charge in [0.2, 0.25) is 0 Å². The number of rotatable bonds is 14. The van der Waals surface area contributed by atoms with Crippen LogP contribution in [0.5, 0.6) is 0 Å². The first kappa shape index (κ1) is 20.0. The molecule has 1 N–H and O–H groups in total. The van der Waals surface area contributed by atoms with Crippen LogP contribution in [0, 0.1) is 17.8 Å². The molecule has 0 saturated carbocycles. The van der Waals surface area contributed by atoms with Gasteiger partial charge >= 0.3 is 0 Å². The Hall–Kier alpha value is -0.0400. The molecule has 0 aromatic carbocycles. The predicted octanol–water partition coefficient (Wildman–Crippen LogP) is 6.04. The Labute approximate surface area is 129 Å². The Kier molecular flexibility index (Phi) is 13.9. The van der Waals surface area contributed by atoms with E-state index >= 15 is 0 Å². The zero-order valence-corrected chi connectivity index (χ0v) is 15.0. The van der Waals surface area contributed by atoms with Crippen molar-refractivity contribution in [2.75, 3.05) is 13.1 Å². The lowest BCUT2D eigenvalue weighted by molar-refractivity contribution is 0.424. The number of unbranched alkanes of at least 4 members (excludes halogenated alkanes) is 3. The summed E-state index contributed by atoms with van der Waals surface area (Å²) in [6.45, 7) is 14.2. The van der Waals surface area contributed by atoms with Crippen molar-refractivity contribution < 1.29 is 0 Å². The zero-order chi connectivity index (χ0) is 15.2. The normalized spacial score (nSPS) is 13.3. The van der Waals surface area contributed by atoms with Crippen molar-refractivity contribution in [2.24, 2.45) is 17.8 Å². The molecule has 1 nitrogen and oxygen atoms in total. The maximum absolute atomic E-state index is 3.62. The van der Waals surface area contributed by atoms with Crippen LogP contribution in [0.4, 0.5) is 0 Å². The average Bonchev–Trinajstić information content (AvgIpc) is 2.36. The molecule has 0 aromatic rings. The van der Waals surface area contributed by atoms with E-state index < -0.39 is 0 Å². The van der Waals surface area contributed by atoms with Gasteiger partial charge in [0.1, 0.15) is 0 Å². The summed E-state index contributed by atoms with van der Waals surface area (Å²) in [5, 5.41) is 3.62. The second kappa shape index (κ2) is 13.9. The Morgan fingerprint density at radius 3 is 1.80 bits per heavy atom. The summed E-state index contributed by atoms with van der Waals surface area (Å²) in [5.41, 5.74) is 0. The van der Waals surface area contributed by atoms with Crippen LogP contribution in [0.3, 0.4) is 0 Å². The molecule has 0 aliphatic rings. The quantitative estimate of drug-likeness (QED) is 0.383. The minimum atomic E-state index is 0.871. The van der Waals surface area contributed by atoms with Crippen LogP contribution in [-0.2, 0) is 0 Å². The van der Waals surface area contributed by atoms with Gasteiger partial charge in [-0.15, -0.1) is 0 Å². The molecular weight excluding hydrogens is 242 g/mol. The standard InChI is InChI=1S/C19H41N/c1-17(2)11-8-6-7-9-15-20-16-14-19(5)13-10-12-18(3)4/h17-20H,6-16H2,1-5H3. The van der Waals surface area contributed by atoms with Crippen molar-refractivity contribution >= 4 is 0 Å². The van der Waals surface area contributed by atoms with Crippen molar-refractivity contribution in [2.45, 2.75) is 92.4 Å². The molecule has 1 heteroatoms. The van der Waals surface area contributed by atoms with E-state index in [9.17, 15) is 0 Å². The van der Waals surface area contributed by atoms with Crippen molar-refractivity contribution in [3.05, 3.63) is 0 Å². The largest absolute Gasteiger partial charge is 0.317 e. The van der Waals surface area contributed by atoms with Gasteiger partial charge in [0.25, 0.3) is 0 Å². The third-order valence-electron chi connectivity index (χ3n) is 4.18. The highest BCUT2D eigenvalue weighted by Crippen LogP contribution is 2.14. The van der Waals surface area contributed by atoms with Crippen LogP contribution in [0.2, 0.25) is 0 Å². The molecule has 0 amide bonds. The van der Waals surface area contributed by atoms with Crippen molar-refractivity contribution in [1.82, 2.24) is 5.32 Å². The summed E-state index contributed by atoms with van der Waals surface area (Å²) >= 11 is 0. The Bertz CT molecular complexity index is 186. The Morgan fingerprint density at radius 2 is 1.15 bits per heavy atom. The molecule has 0 bridgehead atoms. The van der Waals surface area contributed by atoms with E-state index in [-0.39, 0.29) is 0 Å². The van der Waals surface area contributed by atoms with E-state index in [0.717, 1.165) is 17.8 Å². The highest BCUT2D eigenvalue weighted by molar-refractivity contribution is 4.58. The first-order valence-corrected chi connectivity index (χ1v) is 9.23. The van der Waals surface area contributed by atoms with E-state index in [4.69, 9.17) is 0 Å². The first-order chi connectivity index (χ1) is 9.52. The van der Waals surface area contributed by atoms with Gasteiger partial charge in [0, 0.05) is 0 Å². The third kappa shape index (κ3) is 16.0. The summed E-state index contributed by atoms with van der Waals surface area (Å²) in [6, 6.07) is 0. The smallest absolute Gasteiger partial charge is 0.00464 e. The zero-order valence-electron chi connectivity index (χ0n) is 15.0. The molecule has 1 atom stereocenters. The molecule has 0 radical (unpaired) electrons. The van der Waals surface area contributed by atoms with Crippen molar-refractivity contribution in [3.8, 4) is 0 Å². The van der Waals surface area contributed by atoms with Crippen molar-refractivity contribution in [3.63, 3.8) is 0 Å². The molecule has 122 valence electrons. The van der Waals surface area contributed by atoms with Gasteiger partial charge in [-0.1, -0.05) is 79.6 Å².